The van der Waals surface area contributed by atoms with Gasteiger partial charge >= 0.3 is 5.97 Å². The summed E-state index contributed by atoms with van der Waals surface area (Å²) in [5.74, 6) is -0.790. The van der Waals surface area contributed by atoms with Gasteiger partial charge in [0.25, 0.3) is 5.91 Å². The van der Waals surface area contributed by atoms with Crippen LogP contribution in [0, 0.1) is 6.92 Å². The van der Waals surface area contributed by atoms with Gasteiger partial charge in [0.15, 0.2) is 6.61 Å². The van der Waals surface area contributed by atoms with Crippen LogP contribution in [0.3, 0.4) is 0 Å². The van der Waals surface area contributed by atoms with Crippen molar-refractivity contribution in [2.24, 2.45) is 0 Å². The topological polar surface area (TPSA) is 67.7 Å². The summed E-state index contributed by atoms with van der Waals surface area (Å²) in [5, 5.41) is 4.91. The second-order valence-electron chi connectivity index (χ2n) is 8.08. The molecule has 0 atom stereocenters. The summed E-state index contributed by atoms with van der Waals surface area (Å²) in [6.07, 6.45) is 2.86. The highest BCUT2D eigenvalue weighted by Gasteiger charge is 2.22. The smallest absolute Gasteiger partial charge is 0.331 e. The van der Waals surface area contributed by atoms with Gasteiger partial charge < -0.3 is 14.5 Å². The minimum atomic E-state index is -0.595. The Kier molecular flexibility index (Phi) is 7.65. The van der Waals surface area contributed by atoms with Crippen LogP contribution in [-0.2, 0) is 20.9 Å². The Bertz CT molecular complexity index is 1150. The molecule has 1 fully saturated rings. The van der Waals surface area contributed by atoms with Gasteiger partial charge in [-0.25, -0.2) is 9.48 Å². The molecule has 7 nitrogen and oxygen atoms in total. The van der Waals surface area contributed by atoms with Crippen LogP contribution in [0.25, 0.3) is 6.08 Å². The van der Waals surface area contributed by atoms with Gasteiger partial charge in [-0.3, -0.25) is 4.79 Å². The van der Waals surface area contributed by atoms with Crippen molar-refractivity contribution in [3.8, 4) is 0 Å². The number of carbonyl (C=O) groups excluding carboxylic acids is 2. The van der Waals surface area contributed by atoms with Crippen LogP contribution >= 0.6 is 11.6 Å². The van der Waals surface area contributed by atoms with Gasteiger partial charge in [0.05, 0.1) is 12.2 Å². The Balaban J connectivity index is 1.26. The third kappa shape index (κ3) is 5.85. The van der Waals surface area contributed by atoms with Gasteiger partial charge in [0.1, 0.15) is 5.15 Å². The number of aromatic nitrogens is 2. The lowest BCUT2D eigenvalue weighted by Crippen LogP contribution is -2.49. The molecule has 1 amide bonds. The van der Waals surface area contributed by atoms with Gasteiger partial charge in [-0.05, 0) is 30.7 Å². The lowest BCUT2D eigenvalue weighted by molar-refractivity contribution is -0.148. The van der Waals surface area contributed by atoms with Crippen molar-refractivity contribution < 1.29 is 14.3 Å². The molecule has 8 heteroatoms. The van der Waals surface area contributed by atoms with Crippen molar-refractivity contribution in [1.29, 1.82) is 0 Å². The summed E-state index contributed by atoms with van der Waals surface area (Å²) in [6, 6.07) is 20.0. The van der Waals surface area contributed by atoms with Crippen LogP contribution in [0.5, 0.6) is 0 Å². The molecule has 4 rings (SSSR count). The number of rotatable bonds is 7. The number of carbonyl (C=O) groups is 2. The molecule has 0 bridgehead atoms. The summed E-state index contributed by atoms with van der Waals surface area (Å²) in [5.41, 5.74) is 3.58. The maximum absolute atomic E-state index is 12.5. The molecule has 2 heterocycles. The number of nitrogens with zero attached hydrogens (tertiary/aromatic N) is 4. The zero-order chi connectivity index (χ0) is 23.9. The monoisotopic (exact) mass is 478 g/mol. The minimum absolute atomic E-state index is 0.195. The lowest BCUT2D eigenvalue weighted by Gasteiger charge is -2.36. The maximum Gasteiger partial charge on any atom is 0.331 e. The number of piperazine rings is 1. The highest BCUT2D eigenvalue weighted by molar-refractivity contribution is 6.31. The lowest BCUT2D eigenvalue weighted by atomic mass is 10.2. The van der Waals surface area contributed by atoms with Crippen molar-refractivity contribution in [2.45, 2.75) is 13.5 Å². The van der Waals surface area contributed by atoms with Crippen molar-refractivity contribution in [3.63, 3.8) is 0 Å². The van der Waals surface area contributed by atoms with Crippen LogP contribution < -0.4 is 4.90 Å². The molecule has 1 aliphatic rings. The predicted octanol–water partition coefficient (Wildman–Crippen LogP) is 3.80. The number of esters is 1. The van der Waals surface area contributed by atoms with Crippen LogP contribution in [0.15, 0.2) is 66.7 Å². The SMILES string of the molecule is Cc1nn(Cc2ccccc2)c(Cl)c1C=CC(=O)OCC(=O)N1CCN(c2ccccc2)CC1. The first-order valence-electron chi connectivity index (χ1n) is 11.2. The summed E-state index contributed by atoms with van der Waals surface area (Å²) >= 11 is 6.48. The second-order valence-corrected chi connectivity index (χ2v) is 8.44. The van der Waals surface area contributed by atoms with Gasteiger partial charge in [0.2, 0.25) is 0 Å². The molecule has 2 aromatic carbocycles. The fourth-order valence-corrected chi connectivity index (χ4v) is 4.19. The van der Waals surface area contributed by atoms with E-state index in [4.69, 9.17) is 16.3 Å². The first kappa shape index (κ1) is 23.6. The number of anilines is 1. The molecule has 0 saturated carbocycles. The summed E-state index contributed by atoms with van der Waals surface area (Å²) in [4.78, 5) is 28.6. The highest BCUT2D eigenvalue weighted by Crippen LogP contribution is 2.22. The number of halogens is 1. The van der Waals surface area contributed by atoms with Crippen LogP contribution in [0.4, 0.5) is 5.69 Å². The molecule has 0 spiro atoms. The number of ether oxygens (including phenoxy) is 1. The van der Waals surface area contributed by atoms with Crippen molar-refractivity contribution in [2.75, 3.05) is 37.7 Å². The van der Waals surface area contributed by atoms with Crippen LogP contribution in [0.2, 0.25) is 5.15 Å². The van der Waals surface area contributed by atoms with E-state index in [1.807, 2.05) is 55.5 Å². The van der Waals surface area contributed by atoms with E-state index in [2.05, 4.69) is 22.1 Å². The number of hydrogen-bond acceptors (Lipinski definition) is 5. The quantitative estimate of drug-likeness (QED) is 0.381. The third-order valence-corrected chi connectivity index (χ3v) is 6.16. The van der Waals surface area contributed by atoms with Crippen LogP contribution in [0.1, 0.15) is 16.8 Å². The van der Waals surface area contributed by atoms with Crippen molar-refractivity contribution >= 4 is 35.2 Å². The number of aryl methyl sites for hydroxylation is 1. The van der Waals surface area contributed by atoms with E-state index in [-0.39, 0.29) is 12.5 Å². The molecule has 1 aliphatic heterocycles. The van der Waals surface area contributed by atoms with Gasteiger partial charge in [-0.1, -0.05) is 60.1 Å². The number of benzene rings is 2. The molecule has 0 aliphatic carbocycles. The van der Waals surface area contributed by atoms with Gasteiger partial charge in [-0.2, -0.15) is 5.10 Å². The summed E-state index contributed by atoms with van der Waals surface area (Å²) < 4.78 is 6.86. The number of para-hydroxylation sites is 1. The second kappa shape index (κ2) is 11.0. The van der Waals surface area contributed by atoms with Crippen molar-refractivity contribution in [1.82, 2.24) is 14.7 Å². The Labute approximate surface area is 204 Å². The van der Waals surface area contributed by atoms with E-state index in [0.29, 0.717) is 36.0 Å². The first-order valence-corrected chi connectivity index (χ1v) is 11.6. The van der Waals surface area contributed by atoms with Crippen LogP contribution in [-0.4, -0.2) is 59.3 Å². The number of amides is 1. The molecule has 34 heavy (non-hydrogen) atoms. The number of hydrogen-bond donors (Lipinski definition) is 0. The molecule has 0 unspecified atom stereocenters. The molecule has 1 saturated heterocycles. The molecule has 176 valence electrons. The van der Waals surface area contributed by atoms with E-state index in [0.717, 1.165) is 24.3 Å². The van der Waals surface area contributed by atoms with E-state index in [9.17, 15) is 9.59 Å². The zero-order valence-electron chi connectivity index (χ0n) is 19.1. The summed E-state index contributed by atoms with van der Waals surface area (Å²) in [7, 11) is 0. The van der Waals surface area contributed by atoms with Crippen molar-refractivity contribution in [3.05, 3.63) is 88.7 Å². The fourth-order valence-electron chi connectivity index (χ4n) is 3.89. The van der Waals surface area contributed by atoms with Gasteiger partial charge in [-0.15, -0.1) is 0 Å². The Hall–Kier alpha value is -3.58. The molecule has 1 aromatic heterocycles. The van der Waals surface area contributed by atoms with E-state index < -0.39 is 5.97 Å². The standard InChI is InChI=1S/C26H27ClN4O3/c1-20-23(26(27)31(28-20)18-21-8-4-2-5-9-21)12-13-25(33)34-19-24(32)30-16-14-29(15-17-30)22-10-6-3-7-11-22/h2-13H,14-19H2,1H3. The van der Waals surface area contributed by atoms with E-state index >= 15 is 0 Å². The third-order valence-electron chi connectivity index (χ3n) is 5.76. The Morgan fingerprint density at radius 3 is 2.32 bits per heavy atom. The van der Waals surface area contributed by atoms with Gasteiger partial charge in [0, 0.05) is 43.5 Å². The highest BCUT2D eigenvalue weighted by atomic mass is 35.5. The molecular weight excluding hydrogens is 452 g/mol. The average molecular weight is 479 g/mol. The summed E-state index contributed by atoms with van der Waals surface area (Å²) in [6.45, 7) is 4.76. The fraction of sp³-hybridized carbons (Fsp3) is 0.269. The first-order chi connectivity index (χ1) is 16.5. The Morgan fingerprint density at radius 1 is 1.00 bits per heavy atom. The predicted molar refractivity (Wildman–Crippen MR) is 133 cm³/mol. The molecule has 3 aromatic rings. The molecule has 0 radical (unpaired) electrons. The zero-order valence-corrected chi connectivity index (χ0v) is 19.8. The Morgan fingerprint density at radius 2 is 1.65 bits per heavy atom. The molecule has 0 N–H and O–H groups in total. The maximum atomic E-state index is 12.5. The normalized spacial score (nSPS) is 13.9. The average Bonchev–Trinajstić information content (AvgIpc) is 3.14. The van der Waals surface area contributed by atoms with E-state index in [1.165, 1.54) is 6.08 Å². The minimum Gasteiger partial charge on any atom is -0.452 e. The largest absolute Gasteiger partial charge is 0.452 e. The van der Waals surface area contributed by atoms with E-state index in [1.54, 1.807) is 15.7 Å². The molecular formula is C26H27ClN4O3.